The van der Waals surface area contributed by atoms with Crippen LogP contribution in [0, 0.1) is 12.7 Å². The van der Waals surface area contributed by atoms with Gasteiger partial charge in [-0.3, -0.25) is 4.79 Å². The SMILES string of the molecule is Cc1ccccc1S(=O)(=O)NC(=O)NC(Cc1ccccc1F)C(=O)N(C)c1ccc2c(c1)OCO2. The number of anilines is 1. The molecular weight excluding hydrogens is 489 g/mol. The number of fused-ring (bicyclic) bond motifs is 1. The fourth-order valence-corrected chi connectivity index (χ4v) is 4.92. The molecule has 4 rings (SSSR count). The number of carbonyl (C=O) groups excluding carboxylic acids is 2. The number of sulfonamides is 1. The number of hydrogen-bond donors (Lipinski definition) is 2. The predicted molar refractivity (Wildman–Crippen MR) is 130 cm³/mol. The molecule has 1 heterocycles. The van der Waals surface area contributed by atoms with E-state index < -0.39 is 33.8 Å². The van der Waals surface area contributed by atoms with E-state index in [0.29, 0.717) is 22.7 Å². The summed E-state index contributed by atoms with van der Waals surface area (Å²) in [5.41, 5.74) is 1.06. The highest BCUT2D eigenvalue weighted by Crippen LogP contribution is 2.35. The van der Waals surface area contributed by atoms with Crippen LogP contribution in [0.1, 0.15) is 11.1 Å². The second-order valence-corrected chi connectivity index (χ2v) is 9.78. The number of carbonyl (C=O) groups is 2. The fourth-order valence-electron chi connectivity index (χ4n) is 3.76. The van der Waals surface area contributed by atoms with Crippen molar-refractivity contribution in [3.63, 3.8) is 0 Å². The lowest BCUT2D eigenvalue weighted by molar-refractivity contribution is -0.120. The molecule has 1 aliphatic heterocycles. The van der Waals surface area contributed by atoms with Gasteiger partial charge in [0.05, 0.1) is 4.90 Å². The van der Waals surface area contributed by atoms with Crippen molar-refractivity contribution in [2.45, 2.75) is 24.3 Å². The number of urea groups is 1. The van der Waals surface area contributed by atoms with Gasteiger partial charge >= 0.3 is 6.03 Å². The average Bonchev–Trinajstić information content (AvgIpc) is 3.32. The van der Waals surface area contributed by atoms with Crippen LogP contribution < -0.4 is 24.4 Å². The summed E-state index contributed by atoms with van der Waals surface area (Å²) in [6, 6.07) is 14.5. The second kappa shape index (κ2) is 10.2. The average molecular weight is 514 g/mol. The first-order chi connectivity index (χ1) is 17.2. The summed E-state index contributed by atoms with van der Waals surface area (Å²) in [5, 5.41) is 2.40. The molecule has 1 atom stereocenters. The van der Waals surface area contributed by atoms with Gasteiger partial charge < -0.3 is 19.7 Å². The Kier molecular flexibility index (Phi) is 7.11. The number of rotatable bonds is 7. The number of ether oxygens (including phenoxy) is 2. The lowest BCUT2D eigenvalue weighted by Gasteiger charge is -2.25. The zero-order valence-electron chi connectivity index (χ0n) is 19.5. The molecule has 2 N–H and O–H groups in total. The quantitative estimate of drug-likeness (QED) is 0.502. The van der Waals surface area contributed by atoms with E-state index in [1.54, 1.807) is 43.3 Å². The van der Waals surface area contributed by atoms with Crippen molar-refractivity contribution in [3.8, 4) is 11.5 Å². The van der Waals surface area contributed by atoms with Crippen LogP contribution in [0.5, 0.6) is 11.5 Å². The van der Waals surface area contributed by atoms with Gasteiger partial charge in [0.15, 0.2) is 11.5 Å². The van der Waals surface area contributed by atoms with E-state index in [2.05, 4.69) is 5.32 Å². The third-order valence-corrected chi connectivity index (χ3v) is 7.16. The summed E-state index contributed by atoms with van der Waals surface area (Å²) in [5.74, 6) is -0.175. The van der Waals surface area contributed by atoms with E-state index in [1.807, 2.05) is 4.72 Å². The molecule has 36 heavy (non-hydrogen) atoms. The first kappa shape index (κ1) is 25.0. The molecule has 188 valence electrons. The Hall–Kier alpha value is -4.12. The largest absolute Gasteiger partial charge is 0.454 e. The Morgan fingerprint density at radius 2 is 1.72 bits per heavy atom. The van der Waals surface area contributed by atoms with Crippen LogP contribution >= 0.6 is 0 Å². The second-order valence-electron chi connectivity index (χ2n) is 8.13. The molecule has 0 aromatic heterocycles. The Labute approximate surface area is 207 Å². The number of halogens is 1. The molecule has 0 aliphatic carbocycles. The zero-order chi connectivity index (χ0) is 25.9. The van der Waals surface area contributed by atoms with Gasteiger partial charge in [-0.1, -0.05) is 36.4 Å². The number of aryl methyl sites for hydroxylation is 1. The van der Waals surface area contributed by atoms with Crippen LogP contribution in [0.25, 0.3) is 0 Å². The van der Waals surface area contributed by atoms with Crippen LogP contribution in [0.15, 0.2) is 71.6 Å². The standard InChI is InChI=1S/C25H24FN3O6S/c1-16-7-3-6-10-23(16)36(32,33)28-25(31)27-20(13-17-8-4-5-9-19(17)26)24(30)29(2)18-11-12-21-22(14-18)35-15-34-21/h3-12,14,20H,13,15H2,1-2H3,(H2,27,28,31). The fraction of sp³-hybridized carbons (Fsp3) is 0.200. The third kappa shape index (κ3) is 5.41. The normalized spacial score (nSPS) is 13.1. The maximum Gasteiger partial charge on any atom is 0.329 e. The maximum atomic E-state index is 14.4. The lowest BCUT2D eigenvalue weighted by atomic mass is 10.0. The van der Waals surface area contributed by atoms with Crippen molar-refractivity contribution in [1.82, 2.24) is 10.0 Å². The minimum atomic E-state index is -4.21. The van der Waals surface area contributed by atoms with Crippen molar-refractivity contribution in [1.29, 1.82) is 0 Å². The first-order valence-electron chi connectivity index (χ1n) is 11.0. The third-order valence-electron chi connectivity index (χ3n) is 5.67. The molecule has 3 aromatic rings. The molecule has 1 aliphatic rings. The van der Waals surface area contributed by atoms with Gasteiger partial charge in [-0.05, 0) is 42.3 Å². The Bertz CT molecular complexity index is 1410. The molecule has 3 amide bonds. The Morgan fingerprint density at radius 3 is 2.47 bits per heavy atom. The summed E-state index contributed by atoms with van der Waals surface area (Å²) in [4.78, 5) is 27.4. The Balaban J connectivity index is 1.57. The maximum absolute atomic E-state index is 14.4. The summed E-state index contributed by atoms with van der Waals surface area (Å²) < 4.78 is 52.4. The molecule has 0 saturated heterocycles. The predicted octanol–water partition coefficient (Wildman–Crippen LogP) is 3.13. The minimum absolute atomic E-state index is 0.0590. The van der Waals surface area contributed by atoms with Crippen molar-refractivity contribution >= 4 is 27.6 Å². The van der Waals surface area contributed by atoms with Crippen molar-refractivity contribution in [3.05, 3.63) is 83.7 Å². The lowest BCUT2D eigenvalue weighted by Crippen LogP contribution is -2.52. The first-order valence-corrected chi connectivity index (χ1v) is 12.4. The van der Waals surface area contributed by atoms with Gasteiger partial charge in [-0.25, -0.2) is 22.3 Å². The van der Waals surface area contributed by atoms with Gasteiger partial charge in [0.1, 0.15) is 11.9 Å². The van der Waals surface area contributed by atoms with Crippen molar-refractivity contribution in [2.24, 2.45) is 0 Å². The number of hydrogen-bond acceptors (Lipinski definition) is 6. The van der Waals surface area contributed by atoms with Crippen LogP contribution in [-0.4, -0.2) is 40.2 Å². The van der Waals surface area contributed by atoms with E-state index in [9.17, 15) is 22.4 Å². The number of amides is 3. The van der Waals surface area contributed by atoms with Crippen molar-refractivity contribution in [2.75, 3.05) is 18.7 Å². The van der Waals surface area contributed by atoms with Crippen LogP contribution in [0.2, 0.25) is 0 Å². The molecular formula is C25H24FN3O6S. The topological polar surface area (TPSA) is 114 Å². The number of benzene rings is 3. The van der Waals surface area contributed by atoms with Crippen LogP contribution in [0.3, 0.4) is 0 Å². The summed E-state index contributed by atoms with van der Waals surface area (Å²) >= 11 is 0. The van der Waals surface area contributed by atoms with E-state index in [-0.39, 0.29) is 23.7 Å². The molecule has 0 fully saturated rings. The molecule has 1 unspecified atom stereocenters. The molecule has 0 bridgehead atoms. The highest BCUT2D eigenvalue weighted by Gasteiger charge is 2.29. The van der Waals surface area contributed by atoms with E-state index in [4.69, 9.17) is 9.47 Å². The van der Waals surface area contributed by atoms with Gasteiger partial charge in [-0.15, -0.1) is 0 Å². The highest BCUT2D eigenvalue weighted by atomic mass is 32.2. The van der Waals surface area contributed by atoms with E-state index in [1.165, 1.54) is 42.3 Å². The Morgan fingerprint density at radius 1 is 1.03 bits per heavy atom. The minimum Gasteiger partial charge on any atom is -0.454 e. The summed E-state index contributed by atoms with van der Waals surface area (Å²) in [6.45, 7) is 1.65. The highest BCUT2D eigenvalue weighted by molar-refractivity contribution is 7.90. The molecule has 3 aromatic carbocycles. The van der Waals surface area contributed by atoms with Gasteiger partial charge in [0.25, 0.3) is 10.0 Å². The number of nitrogens with zero attached hydrogens (tertiary/aromatic N) is 1. The number of nitrogens with one attached hydrogen (secondary N) is 2. The van der Waals surface area contributed by atoms with E-state index in [0.717, 1.165) is 0 Å². The molecule has 11 heteroatoms. The smallest absolute Gasteiger partial charge is 0.329 e. The zero-order valence-corrected chi connectivity index (χ0v) is 20.3. The van der Waals surface area contributed by atoms with Gasteiger partial charge in [-0.2, -0.15) is 0 Å². The summed E-state index contributed by atoms with van der Waals surface area (Å²) in [7, 11) is -2.73. The molecule has 0 saturated carbocycles. The summed E-state index contributed by atoms with van der Waals surface area (Å²) in [6.07, 6.45) is -0.210. The van der Waals surface area contributed by atoms with E-state index >= 15 is 0 Å². The van der Waals surface area contributed by atoms with Crippen LogP contribution in [-0.2, 0) is 21.2 Å². The molecule has 0 spiro atoms. The number of likely N-dealkylation sites (N-methyl/N-ethyl adjacent to an activating group) is 1. The molecule has 9 nitrogen and oxygen atoms in total. The van der Waals surface area contributed by atoms with Gasteiger partial charge in [0.2, 0.25) is 12.7 Å². The van der Waals surface area contributed by atoms with Crippen molar-refractivity contribution < 1.29 is 31.9 Å². The van der Waals surface area contributed by atoms with Crippen LogP contribution in [0.4, 0.5) is 14.9 Å². The molecule has 0 radical (unpaired) electrons. The van der Waals surface area contributed by atoms with Gasteiger partial charge in [0, 0.05) is 25.2 Å². The monoisotopic (exact) mass is 513 g/mol.